The van der Waals surface area contributed by atoms with E-state index in [0.29, 0.717) is 5.56 Å². The summed E-state index contributed by atoms with van der Waals surface area (Å²) in [5, 5.41) is -0.983. The second-order valence-electron chi connectivity index (χ2n) is 3.66. The molecule has 0 aliphatic heterocycles. The minimum atomic E-state index is -3.68. The van der Waals surface area contributed by atoms with Gasteiger partial charge in [0.05, 0.1) is 4.99 Å². The standard InChI is InChI=1S/C10H13FN2O2S2/c1-6-5-8(3-4-9(6)11)13-17(14,15)7(2)10(12)16/h3-5,7,13H,1-2H3,(H2,12,16). The van der Waals surface area contributed by atoms with Crippen LogP contribution in [-0.4, -0.2) is 18.7 Å². The maximum absolute atomic E-state index is 13.0. The van der Waals surface area contributed by atoms with Crippen LogP contribution in [0.5, 0.6) is 0 Å². The van der Waals surface area contributed by atoms with Crippen molar-refractivity contribution in [3.63, 3.8) is 0 Å². The van der Waals surface area contributed by atoms with Crippen LogP contribution in [0.15, 0.2) is 18.2 Å². The molecule has 1 aromatic carbocycles. The third-order valence-electron chi connectivity index (χ3n) is 2.28. The molecule has 1 aromatic rings. The van der Waals surface area contributed by atoms with Gasteiger partial charge in [-0.1, -0.05) is 12.2 Å². The van der Waals surface area contributed by atoms with Crippen molar-refractivity contribution < 1.29 is 12.8 Å². The Bertz CT molecular complexity index is 543. The molecular weight excluding hydrogens is 263 g/mol. The number of rotatable bonds is 4. The zero-order valence-electron chi connectivity index (χ0n) is 9.40. The fourth-order valence-electron chi connectivity index (χ4n) is 1.11. The van der Waals surface area contributed by atoms with Crippen molar-refractivity contribution in [1.82, 2.24) is 0 Å². The lowest BCUT2D eigenvalue weighted by molar-refractivity contribution is 0.598. The largest absolute Gasteiger partial charge is 0.392 e. The van der Waals surface area contributed by atoms with Gasteiger partial charge in [0.2, 0.25) is 10.0 Å². The summed E-state index contributed by atoms with van der Waals surface area (Å²) in [5.41, 5.74) is 5.92. The van der Waals surface area contributed by atoms with Gasteiger partial charge in [0.15, 0.2) is 0 Å². The normalized spacial score (nSPS) is 13.1. The van der Waals surface area contributed by atoms with Gasteiger partial charge in [-0.15, -0.1) is 0 Å². The maximum atomic E-state index is 13.0. The summed E-state index contributed by atoms with van der Waals surface area (Å²) in [6, 6.07) is 3.93. The van der Waals surface area contributed by atoms with E-state index in [0.717, 1.165) is 0 Å². The molecule has 17 heavy (non-hydrogen) atoms. The predicted molar refractivity (Wildman–Crippen MR) is 69.9 cm³/mol. The van der Waals surface area contributed by atoms with E-state index in [2.05, 4.69) is 16.9 Å². The molecule has 7 heteroatoms. The van der Waals surface area contributed by atoms with Gasteiger partial charge in [-0.2, -0.15) is 0 Å². The number of nitrogens with one attached hydrogen (secondary N) is 1. The number of hydrogen-bond donors (Lipinski definition) is 2. The molecule has 0 aromatic heterocycles. The number of benzene rings is 1. The SMILES string of the molecule is Cc1cc(NS(=O)(=O)C(C)C(N)=S)ccc1F. The summed E-state index contributed by atoms with van der Waals surface area (Å²) in [6.07, 6.45) is 0. The van der Waals surface area contributed by atoms with Gasteiger partial charge in [-0.3, -0.25) is 4.72 Å². The second kappa shape index (κ2) is 4.97. The van der Waals surface area contributed by atoms with Crippen molar-refractivity contribution in [3.05, 3.63) is 29.6 Å². The minimum absolute atomic E-state index is 0.115. The highest BCUT2D eigenvalue weighted by atomic mass is 32.2. The van der Waals surface area contributed by atoms with Gasteiger partial charge >= 0.3 is 0 Å². The summed E-state index contributed by atoms with van der Waals surface area (Å²) in [7, 11) is -3.68. The molecule has 0 heterocycles. The lowest BCUT2D eigenvalue weighted by atomic mass is 10.2. The van der Waals surface area contributed by atoms with Crippen LogP contribution < -0.4 is 10.5 Å². The van der Waals surface area contributed by atoms with E-state index in [4.69, 9.17) is 5.73 Å². The number of hydrogen-bond acceptors (Lipinski definition) is 3. The van der Waals surface area contributed by atoms with E-state index in [-0.39, 0.29) is 10.7 Å². The van der Waals surface area contributed by atoms with Crippen LogP contribution >= 0.6 is 12.2 Å². The zero-order chi connectivity index (χ0) is 13.2. The first-order valence-electron chi connectivity index (χ1n) is 4.81. The molecule has 1 atom stereocenters. The summed E-state index contributed by atoms with van der Waals surface area (Å²) in [4.78, 5) is -0.115. The van der Waals surface area contributed by atoms with Crippen molar-refractivity contribution in [3.8, 4) is 0 Å². The lowest BCUT2D eigenvalue weighted by Gasteiger charge is -2.13. The van der Waals surface area contributed by atoms with Gasteiger partial charge in [-0.25, -0.2) is 12.8 Å². The van der Waals surface area contributed by atoms with Crippen LogP contribution in [0.4, 0.5) is 10.1 Å². The molecule has 0 bridgehead atoms. The van der Waals surface area contributed by atoms with Crippen LogP contribution in [0.3, 0.4) is 0 Å². The average molecular weight is 276 g/mol. The molecule has 0 spiro atoms. The first-order chi connectivity index (χ1) is 7.74. The molecule has 0 amide bonds. The number of halogens is 1. The van der Waals surface area contributed by atoms with E-state index < -0.39 is 21.1 Å². The van der Waals surface area contributed by atoms with E-state index in [1.165, 1.54) is 25.1 Å². The number of sulfonamides is 1. The molecule has 94 valence electrons. The second-order valence-corrected chi connectivity index (χ2v) is 6.13. The quantitative estimate of drug-likeness (QED) is 0.818. The molecule has 0 aliphatic carbocycles. The summed E-state index contributed by atoms with van der Waals surface area (Å²) < 4.78 is 38.8. The van der Waals surface area contributed by atoms with Gasteiger partial charge in [-0.05, 0) is 37.6 Å². The van der Waals surface area contributed by atoms with E-state index >= 15 is 0 Å². The number of aryl methyl sites for hydroxylation is 1. The number of nitrogens with two attached hydrogens (primary N) is 1. The molecule has 0 radical (unpaired) electrons. The molecule has 0 fully saturated rings. The van der Waals surface area contributed by atoms with Crippen molar-refractivity contribution in [2.75, 3.05) is 4.72 Å². The highest BCUT2D eigenvalue weighted by Crippen LogP contribution is 2.16. The lowest BCUT2D eigenvalue weighted by Crippen LogP contribution is -2.35. The Kier molecular flexibility index (Phi) is 4.05. The van der Waals surface area contributed by atoms with Gasteiger partial charge < -0.3 is 5.73 Å². The molecule has 4 nitrogen and oxygen atoms in total. The number of anilines is 1. The van der Waals surface area contributed by atoms with Gasteiger partial charge in [0.25, 0.3) is 0 Å². The van der Waals surface area contributed by atoms with E-state index in [9.17, 15) is 12.8 Å². The van der Waals surface area contributed by atoms with Crippen molar-refractivity contribution in [2.24, 2.45) is 5.73 Å². The molecular formula is C10H13FN2O2S2. The molecule has 1 unspecified atom stereocenters. The first-order valence-corrected chi connectivity index (χ1v) is 6.76. The van der Waals surface area contributed by atoms with Crippen LogP contribution in [0.2, 0.25) is 0 Å². The first kappa shape index (κ1) is 13.9. The van der Waals surface area contributed by atoms with Crippen LogP contribution in [0.1, 0.15) is 12.5 Å². The van der Waals surface area contributed by atoms with Crippen LogP contribution in [0.25, 0.3) is 0 Å². The Morgan fingerprint density at radius 3 is 2.59 bits per heavy atom. The Morgan fingerprint density at radius 1 is 1.53 bits per heavy atom. The molecule has 3 N–H and O–H groups in total. The van der Waals surface area contributed by atoms with Crippen LogP contribution in [-0.2, 0) is 10.0 Å². The summed E-state index contributed by atoms with van der Waals surface area (Å²) >= 11 is 4.63. The van der Waals surface area contributed by atoms with E-state index in [1.54, 1.807) is 6.92 Å². The smallest absolute Gasteiger partial charge is 0.241 e. The highest BCUT2D eigenvalue weighted by molar-refractivity contribution is 7.95. The maximum Gasteiger partial charge on any atom is 0.241 e. The predicted octanol–water partition coefficient (Wildman–Crippen LogP) is 1.55. The molecule has 0 saturated carbocycles. The Hall–Kier alpha value is -1.21. The fourth-order valence-corrected chi connectivity index (χ4v) is 2.43. The Balaban J connectivity index is 2.98. The molecule has 1 rings (SSSR count). The molecule has 0 aliphatic rings. The van der Waals surface area contributed by atoms with E-state index in [1.807, 2.05) is 0 Å². The number of thiocarbonyl (C=S) groups is 1. The third kappa shape index (κ3) is 3.37. The summed E-state index contributed by atoms with van der Waals surface area (Å²) in [5.74, 6) is -0.393. The highest BCUT2D eigenvalue weighted by Gasteiger charge is 2.23. The minimum Gasteiger partial charge on any atom is -0.392 e. The Labute approximate surface area is 105 Å². The van der Waals surface area contributed by atoms with Gasteiger partial charge in [0, 0.05) is 5.69 Å². The van der Waals surface area contributed by atoms with Crippen LogP contribution in [0, 0.1) is 12.7 Å². The summed E-state index contributed by atoms with van der Waals surface area (Å²) in [6.45, 7) is 2.94. The topological polar surface area (TPSA) is 72.2 Å². The van der Waals surface area contributed by atoms with Crippen molar-refractivity contribution >= 4 is 32.9 Å². The van der Waals surface area contributed by atoms with Crippen molar-refractivity contribution in [1.29, 1.82) is 0 Å². The third-order valence-corrected chi connectivity index (χ3v) is 4.49. The monoisotopic (exact) mass is 276 g/mol. The Morgan fingerprint density at radius 2 is 2.12 bits per heavy atom. The zero-order valence-corrected chi connectivity index (χ0v) is 11.0. The van der Waals surface area contributed by atoms with Crippen molar-refractivity contribution in [2.45, 2.75) is 19.1 Å². The molecule has 0 saturated heterocycles. The fraction of sp³-hybridized carbons (Fsp3) is 0.300. The van der Waals surface area contributed by atoms with Gasteiger partial charge in [0.1, 0.15) is 11.1 Å². The average Bonchev–Trinajstić information content (AvgIpc) is 2.22.